The van der Waals surface area contributed by atoms with Gasteiger partial charge in [0.15, 0.2) is 5.82 Å². The minimum Gasteiger partial charge on any atom is -0.236 e. The van der Waals surface area contributed by atoms with Crippen LogP contribution in [-0.4, -0.2) is 24.4 Å². The van der Waals surface area contributed by atoms with Crippen LogP contribution in [0.5, 0.6) is 0 Å². The smallest absolute Gasteiger partial charge is 0.236 e. The predicted molar refractivity (Wildman–Crippen MR) is 110 cm³/mol. The lowest BCUT2D eigenvalue weighted by molar-refractivity contribution is 0.501. The van der Waals surface area contributed by atoms with Gasteiger partial charge in [0.2, 0.25) is 10.0 Å². The molecule has 0 fully saturated rings. The highest BCUT2D eigenvalue weighted by molar-refractivity contribution is 7.89. The number of fused-ring (bicyclic) bond motifs is 1. The Morgan fingerprint density at radius 1 is 1.11 bits per heavy atom. The van der Waals surface area contributed by atoms with Gasteiger partial charge in [0.05, 0.1) is 4.90 Å². The van der Waals surface area contributed by atoms with Crippen molar-refractivity contribution in [3.63, 3.8) is 0 Å². The average molecular weight is 414 g/mol. The topological polar surface area (TPSA) is 72.0 Å². The molecule has 0 saturated carbocycles. The maximum absolute atomic E-state index is 12.8. The number of aryl methyl sites for hydroxylation is 1. The van der Waals surface area contributed by atoms with Gasteiger partial charge in [0.1, 0.15) is 0 Å². The second kappa shape index (κ2) is 7.62. The highest BCUT2D eigenvalue weighted by atomic mass is 35.5. The van der Waals surface area contributed by atoms with Gasteiger partial charge in [-0.1, -0.05) is 48.0 Å². The minimum absolute atomic E-state index is 0.193. The Kier molecular flexibility index (Phi) is 5.19. The first kappa shape index (κ1) is 19.1. The van der Waals surface area contributed by atoms with E-state index in [2.05, 4.69) is 9.71 Å². The van der Waals surface area contributed by atoms with Crippen molar-refractivity contribution >= 4 is 21.6 Å². The van der Waals surface area contributed by atoms with Gasteiger partial charge in [-0.25, -0.2) is 23.1 Å². The SMILES string of the molecule is Cc1c(Cl)cccc1S(=O)(=O)NC1CCc2nc(-c3ccccc3)ncc2C1. The largest absolute Gasteiger partial charge is 0.241 e. The van der Waals surface area contributed by atoms with E-state index < -0.39 is 10.0 Å². The van der Waals surface area contributed by atoms with Gasteiger partial charge in [-0.15, -0.1) is 0 Å². The lowest BCUT2D eigenvalue weighted by Crippen LogP contribution is -2.39. The van der Waals surface area contributed by atoms with Crippen LogP contribution in [0.3, 0.4) is 0 Å². The van der Waals surface area contributed by atoms with E-state index >= 15 is 0 Å². The molecule has 0 spiro atoms. The molecule has 28 heavy (non-hydrogen) atoms. The predicted octanol–water partition coefficient (Wildman–Crippen LogP) is 3.94. The summed E-state index contributed by atoms with van der Waals surface area (Å²) >= 11 is 6.09. The molecule has 3 aromatic rings. The zero-order chi connectivity index (χ0) is 19.7. The van der Waals surface area contributed by atoms with Crippen LogP contribution in [-0.2, 0) is 22.9 Å². The van der Waals surface area contributed by atoms with E-state index in [9.17, 15) is 8.42 Å². The van der Waals surface area contributed by atoms with Crippen molar-refractivity contribution in [3.05, 3.63) is 76.6 Å². The van der Waals surface area contributed by atoms with Crippen LogP contribution in [0.1, 0.15) is 23.2 Å². The Hall–Kier alpha value is -2.28. The number of nitrogens with zero attached hydrogens (tertiary/aromatic N) is 2. The summed E-state index contributed by atoms with van der Waals surface area (Å²) in [6.07, 6.45) is 3.79. The summed E-state index contributed by atoms with van der Waals surface area (Å²) in [5.41, 5.74) is 3.51. The van der Waals surface area contributed by atoms with Crippen LogP contribution >= 0.6 is 11.6 Å². The van der Waals surface area contributed by atoms with Crippen molar-refractivity contribution in [2.45, 2.75) is 37.1 Å². The Labute approximate surface area is 169 Å². The molecule has 4 rings (SSSR count). The number of aromatic nitrogens is 2. The van der Waals surface area contributed by atoms with Gasteiger partial charge >= 0.3 is 0 Å². The van der Waals surface area contributed by atoms with Gasteiger partial charge < -0.3 is 0 Å². The highest BCUT2D eigenvalue weighted by Gasteiger charge is 2.27. The quantitative estimate of drug-likeness (QED) is 0.703. The molecule has 0 radical (unpaired) electrons. The molecule has 5 nitrogen and oxygen atoms in total. The normalized spacial score (nSPS) is 16.6. The van der Waals surface area contributed by atoms with Crippen LogP contribution in [0, 0.1) is 6.92 Å². The molecule has 7 heteroatoms. The molecular formula is C21H20ClN3O2S. The minimum atomic E-state index is -3.64. The number of rotatable bonds is 4. The molecule has 1 aromatic heterocycles. The molecule has 1 N–H and O–H groups in total. The van der Waals surface area contributed by atoms with Gasteiger partial charge in [0.25, 0.3) is 0 Å². The third kappa shape index (κ3) is 3.81. The van der Waals surface area contributed by atoms with Crippen LogP contribution in [0.15, 0.2) is 59.6 Å². The summed E-state index contributed by atoms with van der Waals surface area (Å²) in [5.74, 6) is 0.702. The van der Waals surface area contributed by atoms with E-state index in [0.29, 0.717) is 35.7 Å². The first-order valence-electron chi connectivity index (χ1n) is 9.12. The van der Waals surface area contributed by atoms with Crippen molar-refractivity contribution in [2.75, 3.05) is 0 Å². The Morgan fingerprint density at radius 2 is 1.89 bits per heavy atom. The fraction of sp³-hybridized carbons (Fsp3) is 0.238. The Morgan fingerprint density at radius 3 is 2.68 bits per heavy atom. The highest BCUT2D eigenvalue weighted by Crippen LogP contribution is 2.26. The molecule has 1 aliphatic rings. The van der Waals surface area contributed by atoms with E-state index in [4.69, 9.17) is 16.6 Å². The van der Waals surface area contributed by atoms with Crippen LogP contribution < -0.4 is 4.72 Å². The van der Waals surface area contributed by atoms with Gasteiger partial charge in [-0.2, -0.15) is 0 Å². The lowest BCUT2D eigenvalue weighted by atomic mass is 9.93. The number of hydrogen-bond donors (Lipinski definition) is 1. The van der Waals surface area contributed by atoms with E-state index in [1.54, 1.807) is 25.1 Å². The van der Waals surface area contributed by atoms with Crippen molar-refractivity contribution in [1.82, 2.24) is 14.7 Å². The summed E-state index contributed by atoms with van der Waals surface area (Å²) < 4.78 is 28.5. The van der Waals surface area contributed by atoms with Gasteiger partial charge in [-0.05, 0) is 49.4 Å². The van der Waals surface area contributed by atoms with E-state index in [-0.39, 0.29) is 10.9 Å². The monoisotopic (exact) mass is 413 g/mol. The molecule has 144 valence electrons. The molecule has 1 heterocycles. The lowest BCUT2D eigenvalue weighted by Gasteiger charge is -2.25. The number of sulfonamides is 1. The number of benzene rings is 2. The van der Waals surface area contributed by atoms with E-state index in [1.165, 1.54) is 0 Å². The fourth-order valence-electron chi connectivity index (χ4n) is 3.50. The maximum Gasteiger partial charge on any atom is 0.241 e. The molecule has 0 amide bonds. The van der Waals surface area contributed by atoms with Gasteiger partial charge in [0, 0.05) is 28.5 Å². The molecule has 1 unspecified atom stereocenters. The van der Waals surface area contributed by atoms with Crippen molar-refractivity contribution in [3.8, 4) is 11.4 Å². The zero-order valence-electron chi connectivity index (χ0n) is 15.4. The zero-order valence-corrected chi connectivity index (χ0v) is 17.0. The van der Waals surface area contributed by atoms with Crippen LogP contribution in [0.25, 0.3) is 11.4 Å². The third-order valence-corrected chi connectivity index (χ3v) is 7.09. The maximum atomic E-state index is 12.8. The molecule has 1 aliphatic carbocycles. The van der Waals surface area contributed by atoms with Gasteiger partial charge in [-0.3, -0.25) is 0 Å². The first-order chi connectivity index (χ1) is 13.4. The summed E-state index contributed by atoms with van der Waals surface area (Å²) in [5, 5.41) is 0.443. The third-order valence-electron chi connectivity index (χ3n) is 5.01. The summed E-state index contributed by atoms with van der Waals surface area (Å²) in [6, 6.07) is 14.6. The number of nitrogens with one attached hydrogen (secondary N) is 1. The summed E-state index contributed by atoms with van der Waals surface area (Å²) in [4.78, 5) is 9.39. The van der Waals surface area contributed by atoms with Crippen LogP contribution in [0.2, 0.25) is 5.02 Å². The second-order valence-corrected chi connectivity index (χ2v) is 9.05. The molecule has 0 aliphatic heterocycles. The molecule has 1 atom stereocenters. The molecule has 2 aromatic carbocycles. The van der Waals surface area contributed by atoms with Crippen molar-refractivity contribution < 1.29 is 8.42 Å². The number of halogens is 1. The summed E-state index contributed by atoms with van der Waals surface area (Å²) in [6.45, 7) is 1.71. The number of hydrogen-bond acceptors (Lipinski definition) is 4. The fourth-order valence-corrected chi connectivity index (χ4v) is 5.26. The van der Waals surface area contributed by atoms with Crippen LogP contribution in [0.4, 0.5) is 0 Å². The molecular weight excluding hydrogens is 394 g/mol. The first-order valence-corrected chi connectivity index (χ1v) is 11.0. The molecule has 0 bridgehead atoms. The van der Waals surface area contributed by atoms with Crippen molar-refractivity contribution in [2.24, 2.45) is 0 Å². The standard InChI is InChI=1S/C21H20ClN3O2S/c1-14-18(22)8-5-9-20(14)28(26,27)25-17-10-11-19-16(12-17)13-23-21(24-19)15-6-3-2-4-7-15/h2-9,13,17,25H,10-12H2,1H3. The Bertz CT molecular complexity index is 1120. The summed E-state index contributed by atoms with van der Waals surface area (Å²) in [7, 11) is -3.64. The van der Waals surface area contributed by atoms with Crippen molar-refractivity contribution in [1.29, 1.82) is 0 Å². The van der Waals surface area contributed by atoms with E-state index in [0.717, 1.165) is 16.8 Å². The second-order valence-electron chi connectivity index (χ2n) is 6.96. The Balaban J connectivity index is 1.54. The van der Waals surface area contributed by atoms with E-state index in [1.807, 2.05) is 36.5 Å². The molecule has 0 saturated heterocycles. The average Bonchev–Trinajstić information content (AvgIpc) is 2.70.